The molecule has 0 radical (unpaired) electrons. The van der Waals surface area contributed by atoms with E-state index in [1.165, 1.54) is 38.5 Å². The Morgan fingerprint density at radius 2 is 1.48 bits per heavy atom. The molecule has 0 saturated carbocycles. The SMILES string of the molecule is CCCCCCCCCCCC(=O)OC1(OO)c2ccccc2C(=O)c2cc(CC)ccc21. The number of rotatable bonds is 13. The van der Waals surface area contributed by atoms with Crippen molar-refractivity contribution in [3.8, 4) is 0 Å². The second kappa shape index (κ2) is 12.1. The Kier molecular flexibility index (Phi) is 9.21. The average Bonchev–Trinajstić information content (AvgIpc) is 2.85. The van der Waals surface area contributed by atoms with Crippen LogP contribution in [0.25, 0.3) is 0 Å². The Hall–Kier alpha value is -2.50. The van der Waals surface area contributed by atoms with Crippen LogP contribution >= 0.6 is 0 Å². The molecule has 2 aromatic carbocycles. The smallest absolute Gasteiger partial charge is 0.308 e. The molecule has 2 aromatic rings. The molecule has 33 heavy (non-hydrogen) atoms. The zero-order valence-corrected chi connectivity index (χ0v) is 19.9. The van der Waals surface area contributed by atoms with Gasteiger partial charge in [0.15, 0.2) is 5.78 Å². The Bertz CT molecular complexity index is 951. The van der Waals surface area contributed by atoms with Crippen molar-refractivity contribution >= 4 is 11.8 Å². The van der Waals surface area contributed by atoms with Gasteiger partial charge in [0.1, 0.15) is 0 Å². The Balaban J connectivity index is 1.69. The Morgan fingerprint density at radius 3 is 2.15 bits per heavy atom. The monoisotopic (exact) mass is 452 g/mol. The fraction of sp³-hybridized carbons (Fsp3) is 0.500. The van der Waals surface area contributed by atoms with Crippen molar-refractivity contribution < 1.29 is 24.5 Å². The molecule has 1 aliphatic carbocycles. The van der Waals surface area contributed by atoms with Gasteiger partial charge in [-0.1, -0.05) is 102 Å². The van der Waals surface area contributed by atoms with E-state index in [4.69, 9.17) is 9.62 Å². The molecule has 1 aliphatic rings. The number of carbonyl (C=O) groups is 2. The van der Waals surface area contributed by atoms with Crippen molar-refractivity contribution in [2.45, 2.75) is 90.3 Å². The Labute approximate surface area is 197 Å². The molecule has 1 atom stereocenters. The number of unbranched alkanes of at least 4 members (excludes halogenated alkanes) is 8. The summed E-state index contributed by atoms with van der Waals surface area (Å²) in [5.41, 5.74) is 2.43. The van der Waals surface area contributed by atoms with Gasteiger partial charge in [-0.05, 0) is 24.5 Å². The minimum absolute atomic E-state index is 0.168. The summed E-state index contributed by atoms with van der Waals surface area (Å²) >= 11 is 0. The second-order valence-corrected chi connectivity index (χ2v) is 8.87. The predicted octanol–water partition coefficient (Wildman–Crippen LogP) is 6.95. The van der Waals surface area contributed by atoms with Crippen molar-refractivity contribution in [2.24, 2.45) is 0 Å². The van der Waals surface area contributed by atoms with Gasteiger partial charge in [0.05, 0.1) is 0 Å². The van der Waals surface area contributed by atoms with Crippen LogP contribution in [-0.2, 0) is 26.6 Å². The first-order valence-corrected chi connectivity index (χ1v) is 12.4. The van der Waals surface area contributed by atoms with E-state index < -0.39 is 11.8 Å². The molecule has 5 nitrogen and oxygen atoms in total. The van der Waals surface area contributed by atoms with Gasteiger partial charge >= 0.3 is 5.97 Å². The molecule has 1 N–H and O–H groups in total. The fourth-order valence-electron chi connectivity index (χ4n) is 4.56. The summed E-state index contributed by atoms with van der Waals surface area (Å²) in [5.74, 6) is -2.47. The standard InChI is InChI=1S/C28H36O5/c1-3-5-6-7-8-9-10-11-12-17-26(29)32-28(33-31)24-16-14-13-15-22(24)27(30)23-20-21(4-2)18-19-25(23)28/h13-16,18-20,31H,3-12,17H2,1-2H3. The van der Waals surface area contributed by atoms with Crippen LogP contribution in [0, 0.1) is 0 Å². The molecule has 1 unspecified atom stereocenters. The molecule has 0 amide bonds. The van der Waals surface area contributed by atoms with Gasteiger partial charge in [0.2, 0.25) is 0 Å². The maximum atomic E-state index is 13.1. The largest absolute Gasteiger partial charge is 0.421 e. The quantitative estimate of drug-likeness (QED) is 0.117. The molecule has 0 bridgehead atoms. The summed E-state index contributed by atoms with van der Waals surface area (Å²) in [4.78, 5) is 30.9. The fourth-order valence-corrected chi connectivity index (χ4v) is 4.56. The molecular weight excluding hydrogens is 416 g/mol. The molecule has 0 aromatic heterocycles. The topological polar surface area (TPSA) is 72.8 Å². The van der Waals surface area contributed by atoms with Crippen LogP contribution in [0.4, 0.5) is 0 Å². The van der Waals surface area contributed by atoms with Crippen LogP contribution in [-0.4, -0.2) is 17.0 Å². The number of carbonyl (C=O) groups excluding carboxylic acids is 2. The van der Waals surface area contributed by atoms with Crippen molar-refractivity contribution in [1.82, 2.24) is 0 Å². The summed E-state index contributed by atoms with van der Waals surface area (Å²) in [7, 11) is 0. The van der Waals surface area contributed by atoms with Crippen LogP contribution in [0.5, 0.6) is 0 Å². The van der Waals surface area contributed by atoms with Gasteiger partial charge in [0, 0.05) is 28.7 Å². The van der Waals surface area contributed by atoms with E-state index in [-0.39, 0.29) is 12.2 Å². The highest BCUT2D eigenvalue weighted by Crippen LogP contribution is 2.43. The van der Waals surface area contributed by atoms with E-state index in [2.05, 4.69) is 6.92 Å². The van der Waals surface area contributed by atoms with Gasteiger partial charge in [-0.2, -0.15) is 4.89 Å². The van der Waals surface area contributed by atoms with E-state index in [0.29, 0.717) is 22.3 Å². The lowest BCUT2D eigenvalue weighted by atomic mass is 9.79. The third-order valence-corrected chi connectivity index (χ3v) is 6.49. The zero-order chi connectivity index (χ0) is 23.7. The first-order valence-electron chi connectivity index (χ1n) is 12.4. The van der Waals surface area contributed by atoms with Gasteiger partial charge < -0.3 is 4.74 Å². The molecule has 5 heteroatoms. The van der Waals surface area contributed by atoms with E-state index in [9.17, 15) is 14.8 Å². The number of aryl methyl sites for hydroxylation is 1. The average molecular weight is 453 g/mol. The number of benzene rings is 2. The molecule has 0 heterocycles. The maximum Gasteiger partial charge on any atom is 0.308 e. The van der Waals surface area contributed by atoms with Gasteiger partial charge in [-0.3, -0.25) is 9.59 Å². The van der Waals surface area contributed by atoms with Gasteiger partial charge in [0.25, 0.3) is 5.79 Å². The summed E-state index contributed by atoms with van der Waals surface area (Å²) < 4.78 is 5.81. The number of ketones is 1. The van der Waals surface area contributed by atoms with Crippen LogP contribution < -0.4 is 0 Å². The molecule has 0 aliphatic heterocycles. The predicted molar refractivity (Wildman–Crippen MR) is 128 cm³/mol. The number of hydrogen-bond donors (Lipinski definition) is 1. The minimum Gasteiger partial charge on any atom is -0.421 e. The van der Waals surface area contributed by atoms with E-state index in [1.54, 1.807) is 36.4 Å². The third-order valence-electron chi connectivity index (χ3n) is 6.49. The van der Waals surface area contributed by atoms with Crippen LogP contribution in [0.15, 0.2) is 42.5 Å². The molecule has 0 saturated heterocycles. The lowest BCUT2D eigenvalue weighted by Gasteiger charge is -2.36. The van der Waals surface area contributed by atoms with E-state index in [0.717, 1.165) is 31.2 Å². The molecule has 0 spiro atoms. The van der Waals surface area contributed by atoms with Crippen molar-refractivity contribution in [2.75, 3.05) is 0 Å². The second-order valence-electron chi connectivity index (χ2n) is 8.87. The highest BCUT2D eigenvalue weighted by Gasteiger charge is 2.49. The normalized spacial score (nSPS) is 16.9. The third kappa shape index (κ3) is 5.71. The number of esters is 1. The van der Waals surface area contributed by atoms with Gasteiger partial charge in [-0.15, -0.1) is 0 Å². The first kappa shape index (κ1) is 25.1. The van der Waals surface area contributed by atoms with Crippen molar-refractivity contribution in [3.63, 3.8) is 0 Å². The number of fused-ring (bicyclic) bond motifs is 2. The minimum atomic E-state index is -1.84. The summed E-state index contributed by atoms with van der Waals surface area (Å²) in [6.07, 6.45) is 11.3. The van der Waals surface area contributed by atoms with Crippen molar-refractivity contribution in [1.29, 1.82) is 0 Å². The van der Waals surface area contributed by atoms with Gasteiger partial charge in [-0.25, -0.2) is 5.26 Å². The van der Waals surface area contributed by atoms with Crippen LogP contribution in [0.1, 0.15) is 111 Å². The highest BCUT2D eigenvalue weighted by atomic mass is 17.1. The summed E-state index contributed by atoms with van der Waals surface area (Å²) in [5, 5.41) is 10.0. The van der Waals surface area contributed by atoms with Crippen molar-refractivity contribution in [3.05, 3.63) is 70.3 Å². The molecule has 0 fully saturated rings. The molecule has 178 valence electrons. The van der Waals surface area contributed by atoms with Crippen LogP contribution in [0.3, 0.4) is 0 Å². The maximum absolute atomic E-state index is 13.1. The zero-order valence-electron chi connectivity index (χ0n) is 19.9. The molecule has 3 rings (SSSR count). The highest BCUT2D eigenvalue weighted by molar-refractivity contribution is 6.13. The number of hydrogen-bond acceptors (Lipinski definition) is 5. The number of ether oxygens (including phenoxy) is 1. The molecular formula is C28H36O5. The lowest BCUT2D eigenvalue weighted by molar-refractivity contribution is -0.384. The van der Waals surface area contributed by atoms with E-state index >= 15 is 0 Å². The van der Waals surface area contributed by atoms with Crippen LogP contribution in [0.2, 0.25) is 0 Å². The Morgan fingerprint density at radius 1 is 0.848 bits per heavy atom. The summed E-state index contributed by atoms with van der Waals surface area (Å²) in [6, 6.07) is 12.2. The lowest BCUT2D eigenvalue weighted by Crippen LogP contribution is -2.41. The summed E-state index contributed by atoms with van der Waals surface area (Å²) in [6.45, 7) is 4.22. The van der Waals surface area contributed by atoms with E-state index in [1.807, 2.05) is 13.0 Å². The first-order chi connectivity index (χ1) is 16.1.